The maximum atomic E-state index is 12.9. The summed E-state index contributed by atoms with van der Waals surface area (Å²) in [7, 11) is 1.64. The van der Waals surface area contributed by atoms with Gasteiger partial charge in [-0.3, -0.25) is 13.8 Å². The van der Waals surface area contributed by atoms with Crippen LogP contribution in [0, 0.1) is 0 Å². The summed E-state index contributed by atoms with van der Waals surface area (Å²) in [5.74, 6) is 0.314. The number of aryl methyl sites for hydroxylation is 1. The van der Waals surface area contributed by atoms with E-state index >= 15 is 0 Å². The molecular formula is C24H19N5O3. The van der Waals surface area contributed by atoms with E-state index in [9.17, 15) is 9.59 Å². The summed E-state index contributed by atoms with van der Waals surface area (Å²) in [5, 5.41) is 12.1. The summed E-state index contributed by atoms with van der Waals surface area (Å²) in [6.45, 7) is -0.0954. The third-order valence-electron chi connectivity index (χ3n) is 5.23. The predicted octanol–water partition coefficient (Wildman–Crippen LogP) is 3.68. The fourth-order valence-corrected chi connectivity index (χ4v) is 3.64. The highest BCUT2D eigenvalue weighted by Crippen LogP contribution is 2.22. The topological polar surface area (TPSA) is 90.5 Å². The Labute approximate surface area is 182 Å². The van der Waals surface area contributed by atoms with E-state index in [1.54, 1.807) is 35.7 Å². The number of para-hydroxylation sites is 3. The van der Waals surface area contributed by atoms with Gasteiger partial charge in [-0.2, -0.15) is 0 Å². The van der Waals surface area contributed by atoms with Crippen molar-refractivity contribution in [1.82, 2.24) is 19.2 Å². The number of hydrogen-bond donors (Lipinski definition) is 1. The molecule has 5 aromatic rings. The lowest BCUT2D eigenvalue weighted by molar-refractivity contribution is 0.0462. The molecule has 8 heteroatoms. The third kappa shape index (κ3) is 3.37. The summed E-state index contributed by atoms with van der Waals surface area (Å²) in [6, 6.07) is 23.9. The number of aromatic nitrogens is 4. The minimum atomic E-state index is -0.491. The number of anilines is 2. The van der Waals surface area contributed by atoms with Crippen molar-refractivity contribution in [3.63, 3.8) is 0 Å². The molecule has 1 N–H and O–H groups in total. The van der Waals surface area contributed by atoms with Crippen molar-refractivity contribution in [2.24, 2.45) is 7.05 Å². The Morgan fingerprint density at radius 1 is 0.938 bits per heavy atom. The highest BCUT2D eigenvalue weighted by atomic mass is 16.5. The van der Waals surface area contributed by atoms with E-state index in [2.05, 4.69) is 15.5 Å². The van der Waals surface area contributed by atoms with Crippen molar-refractivity contribution in [3.8, 4) is 0 Å². The summed E-state index contributed by atoms with van der Waals surface area (Å²) < 4.78 is 8.75. The Morgan fingerprint density at radius 3 is 2.50 bits per heavy atom. The molecule has 158 valence electrons. The monoisotopic (exact) mass is 425 g/mol. The first-order valence-corrected chi connectivity index (χ1v) is 10.0. The van der Waals surface area contributed by atoms with Crippen LogP contribution in [0.15, 0.2) is 83.7 Å². The fourth-order valence-electron chi connectivity index (χ4n) is 3.64. The number of hydrogen-bond acceptors (Lipinski definition) is 6. The van der Waals surface area contributed by atoms with Crippen LogP contribution in [0.2, 0.25) is 0 Å². The lowest BCUT2D eigenvalue weighted by atomic mass is 10.1. The molecule has 0 radical (unpaired) electrons. The zero-order valence-corrected chi connectivity index (χ0v) is 17.2. The van der Waals surface area contributed by atoms with E-state index in [0.717, 1.165) is 5.69 Å². The molecule has 0 saturated heterocycles. The van der Waals surface area contributed by atoms with Gasteiger partial charge in [0.25, 0.3) is 5.56 Å². The molecule has 0 bridgehead atoms. The van der Waals surface area contributed by atoms with Gasteiger partial charge in [0.05, 0.1) is 22.2 Å². The van der Waals surface area contributed by atoms with Gasteiger partial charge in [0.15, 0.2) is 12.4 Å². The normalized spacial score (nSPS) is 11.0. The minimum Gasteiger partial charge on any atom is -0.454 e. The van der Waals surface area contributed by atoms with Crippen LogP contribution in [0.5, 0.6) is 0 Å². The van der Waals surface area contributed by atoms with Gasteiger partial charge in [0, 0.05) is 12.7 Å². The molecule has 0 atom stereocenters. The van der Waals surface area contributed by atoms with E-state index in [0.29, 0.717) is 33.8 Å². The molecule has 5 rings (SSSR count). The summed E-state index contributed by atoms with van der Waals surface area (Å²) in [6.07, 6.45) is 0. The standard InChI is InChI=1S/C24H19N5O3/c1-28-22(30)18-12-6-8-14-20(18)29-21(26-27-24(28)29)15-32-23(31)17-11-5-7-13-19(17)25-16-9-3-2-4-10-16/h2-14,25H,15H2,1H3. The van der Waals surface area contributed by atoms with Crippen LogP contribution in [0.25, 0.3) is 16.7 Å². The van der Waals surface area contributed by atoms with E-state index in [1.807, 2.05) is 54.6 Å². The van der Waals surface area contributed by atoms with Crippen LogP contribution >= 0.6 is 0 Å². The van der Waals surface area contributed by atoms with Crippen LogP contribution < -0.4 is 10.9 Å². The number of rotatable bonds is 5. The third-order valence-corrected chi connectivity index (χ3v) is 5.23. The SMILES string of the molecule is Cn1c(=O)c2ccccc2n2c(COC(=O)c3ccccc3Nc3ccccc3)nnc12. The van der Waals surface area contributed by atoms with Gasteiger partial charge in [-0.05, 0) is 36.4 Å². The first kappa shape index (κ1) is 19.5. The van der Waals surface area contributed by atoms with Crippen molar-refractivity contribution in [2.45, 2.75) is 6.61 Å². The lowest BCUT2D eigenvalue weighted by Crippen LogP contribution is -2.20. The van der Waals surface area contributed by atoms with Gasteiger partial charge < -0.3 is 10.1 Å². The minimum absolute atomic E-state index is 0.0954. The molecule has 0 unspecified atom stereocenters. The average Bonchev–Trinajstić information content (AvgIpc) is 3.26. The number of benzene rings is 3. The van der Waals surface area contributed by atoms with E-state index in [1.165, 1.54) is 4.57 Å². The Bertz CT molecular complexity index is 1510. The summed E-state index contributed by atoms with van der Waals surface area (Å²) in [4.78, 5) is 25.5. The second-order valence-electron chi connectivity index (χ2n) is 7.25. The number of carbonyl (C=O) groups excluding carboxylic acids is 1. The lowest BCUT2D eigenvalue weighted by Gasteiger charge is -2.12. The summed E-state index contributed by atoms with van der Waals surface area (Å²) >= 11 is 0. The molecule has 0 fully saturated rings. The number of carbonyl (C=O) groups is 1. The van der Waals surface area contributed by atoms with E-state index in [-0.39, 0.29) is 12.2 Å². The van der Waals surface area contributed by atoms with Crippen LogP contribution in [-0.4, -0.2) is 25.1 Å². The summed E-state index contributed by atoms with van der Waals surface area (Å²) in [5.41, 5.74) is 2.41. The van der Waals surface area contributed by atoms with E-state index < -0.39 is 5.97 Å². The second kappa shape index (κ2) is 7.99. The Hall–Kier alpha value is -4.46. The molecule has 0 aliphatic heterocycles. The number of nitrogens with zero attached hydrogens (tertiary/aromatic N) is 4. The molecule has 0 aliphatic carbocycles. The average molecular weight is 425 g/mol. The second-order valence-corrected chi connectivity index (χ2v) is 7.25. The van der Waals surface area contributed by atoms with Gasteiger partial charge in [-0.25, -0.2) is 4.79 Å². The van der Waals surface area contributed by atoms with Crippen LogP contribution in [-0.2, 0) is 18.4 Å². The Balaban J connectivity index is 1.45. The van der Waals surface area contributed by atoms with Crippen LogP contribution in [0.4, 0.5) is 11.4 Å². The highest BCUT2D eigenvalue weighted by Gasteiger charge is 2.18. The molecule has 8 nitrogen and oxygen atoms in total. The Kier molecular flexibility index (Phi) is 4.87. The molecular weight excluding hydrogens is 406 g/mol. The Morgan fingerprint density at radius 2 is 1.66 bits per heavy atom. The van der Waals surface area contributed by atoms with Crippen LogP contribution in [0.1, 0.15) is 16.2 Å². The van der Waals surface area contributed by atoms with Gasteiger partial charge in [-0.15, -0.1) is 10.2 Å². The molecule has 3 aromatic carbocycles. The maximum absolute atomic E-state index is 12.9. The van der Waals surface area contributed by atoms with Crippen molar-refractivity contribution in [2.75, 3.05) is 5.32 Å². The molecule has 0 spiro atoms. The van der Waals surface area contributed by atoms with Crippen molar-refractivity contribution in [1.29, 1.82) is 0 Å². The molecule has 0 aliphatic rings. The molecule has 0 amide bonds. The van der Waals surface area contributed by atoms with E-state index in [4.69, 9.17) is 4.74 Å². The van der Waals surface area contributed by atoms with Crippen LogP contribution in [0.3, 0.4) is 0 Å². The quantitative estimate of drug-likeness (QED) is 0.432. The molecule has 2 aromatic heterocycles. The maximum Gasteiger partial charge on any atom is 0.340 e. The first-order valence-electron chi connectivity index (χ1n) is 10.0. The predicted molar refractivity (Wildman–Crippen MR) is 121 cm³/mol. The first-order chi connectivity index (χ1) is 15.6. The highest BCUT2D eigenvalue weighted by molar-refractivity contribution is 5.96. The number of fused-ring (bicyclic) bond motifs is 3. The molecule has 32 heavy (non-hydrogen) atoms. The van der Waals surface area contributed by atoms with Gasteiger partial charge >= 0.3 is 5.97 Å². The smallest absolute Gasteiger partial charge is 0.340 e. The largest absolute Gasteiger partial charge is 0.454 e. The number of ether oxygens (including phenoxy) is 1. The van der Waals surface area contributed by atoms with Crippen molar-refractivity contribution in [3.05, 3.63) is 101 Å². The zero-order valence-electron chi connectivity index (χ0n) is 17.2. The van der Waals surface area contributed by atoms with Gasteiger partial charge in [0.1, 0.15) is 0 Å². The molecule has 2 heterocycles. The van der Waals surface area contributed by atoms with Crippen molar-refractivity contribution >= 4 is 34.0 Å². The number of esters is 1. The number of nitrogens with one attached hydrogen (secondary N) is 1. The fraction of sp³-hybridized carbons (Fsp3) is 0.0833. The van der Waals surface area contributed by atoms with Gasteiger partial charge in [0.2, 0.25) is 5.78 Å². The van der Waals surface area contributed by atoms with Gasteiger partial charge in [-0.1, -0.05) is 42.5 Å². The zero-order chi connectivity index (χ0) is 22.1. The molecule has 0 saturated carbocycles. The van der Waals surface area contributed by atoms with Crippen molar-refractivity contribution < 1.29 is 9.53 Å².